The third-order valence-electron chi connectivity index (χ3n) is 5.54. The molecule has 0 aliphatic carbocycles. The Balaban J connectivity index is 1.64. The number of nitriles is 1. The van der Waals surface area contributed by atoms with E-state index in [4.69, 9.17) is 4.74 Å². The van der Waals surface area contributed by atoms with Crippen LogP contribution in [0.1, 0.15) is 24.5 Å². The molecule has 0 amide bonds. The summed E-state index contributed by atoms with van der Waals surface area (Å²) in [4.78, 5) is 8.98. The average molecular weight is 419 g/mol. The molecule has 0 saturated heterocycles. The number of hydrogen-bond donors (Lipinski definition) is 3. The van der Waals surface area contributed by atoms with Crippen LogP contribution < -0.4 is 10.6 Å². The minimum atomic E-state index is -0.445. The number of aryl methyl sites for hydroxylation is 1. The second kappa shape index (κ2) is 8.71. The van der Waals surface area contributed by atoms with Crippen LogP contribution in [-0.4, -0.2) is 51.7 Å². The predicted molar refractivity (Wildman–Crippen MR) is 117 cm³/mol. The van der Waals surface area contributed by atoms with Gasteiger partial charge in [0.1, 0.15) is 11.9 Å². The topological polar surface area (TPSA) is 121 Å². The molecule has 0 bridgehead atoms. The molecule has 1 atom stereocenters. The summed E-state index contributed by atoms with van der Waals surface area (Å²) in [6.07, 6.45) is 4.25. The second-order valence-electron chi connectivity index (χ2n) is 7.81. The lowest BCUT2D eigenvalue weighted by molar-refractivity contribution is 0.189. The van der Waals surface area contributed by atoms with E-state index in [2.05, 4.69) is 31.8 Å². The van der Waals surface area contributed by atoms with E-state index in [1.54, 1.807) is 19.5 Å². The summed E-state index contributed by atoms with van der Waals surface area (Å²) in [5, 5.41) is 30.4. The van der Waals surface area contributed by atoms with Gasteiger partial charge in [0.2, 0.25) is 5.95 Å². The van der Waals surface area contributed by atoms with Gasteiger partial charge in [0.05, 0.1) is 29.7 Å². The molecular formula is C22H25N7O2. The third kappa shape index (κ3) is 4.08. The van der Waals surface area contributed by atoms with Gasteiger partial charge in [-0.1, -0.05) is 6.92 Å². The fraction of sp³-hybridized carbons (Fsp3) is 0.364. The number of rotatable bonds is 8. The SMILES string of the molecule is COCCCn1nccc1Nc1nccc(-c2cc(C#N)c3c(c2)[C@](C)(CO)CN3)n1. The van der Waals surface area contributed by atoms with Gasteiger partial charge >= 0.3 is 0 Å². The van der Waals surface area contributed by atoms with Crippen molar-refractivity contribution in [3.05, 3.63) is 47.8 Å². The summed E-state index contributed by atoms with van der Waals surface area (Å²) in [5.74, 6) is 1.23. The Hall–Kier alpha value is -3.48. The molecular weight excluding hydrogens is 394 g/mol. The van der Waals surface area contributed by atoms with Gasteiger partial charge in [0.15, 0.2) is 0 Å². The maximum atomic E-state index is 9.91. The molecule has 3 aromatic rings. The molecule has 2 aromatic heterocycles. The van der Waals surface area contributed by atoms with E-state index < -0.39 is 5.41 Å². The van der Waals surface area contributed by atoms with E-state index >= 15 is 0 Å². The normalized spacial score (nSPS) is 17.1. The van der Waals surface area contributed by atoms with Crippen molar-refractivity contribution < 1.29 is 9.84 Å². The van der Waals surface area contributed by atoms with Crippen molar-refractivity contribution in [3.8, 4) is 17.3 Å². The molecule has 4 rings (SSSR count). The summed E-state index contributed by atoms with van der Waals surface area (Å²) in [6.45, 7) is 3.93. The highest BCUT2D eigenvalue weighted by atomic mass is 16.5. The Labute approximate surface area is 180 Å². The number of hydrogen-bond acceptors (Lipinski definition) is 8. The van der Waals surface area contributed by atoms with Crippen molar-refractivity contribution in [1.29, 1.82) is 5.26 Å². The molecule has 160 valence electrons. The van der Waals surface area contributed by atoms with Gasteiger partial charge in [-0.25, -0.2) is 14.6 Å². The van der Waals surface area contributed by atoms with Gasteiger partial charge in [0, 0.05) is 50.0 Å². The van der Waals surface area contributed by atoms with Crippen LogP contribution in [0.3, 0.4) is 0 Å². The maximum absolute atomic E-state index is 9.91. The molecule has 3 heterocycles. The number of nitrogens with one attached hydrogen (secondary N) is 2. The number of aliphatic hydroxyl groups is 1. The van der Waals surface area contributed by atoms with Crippen LogP contribution in [0.4, 0.5) is 17.5 Å². The first kappa shape index (κ1) is 20.8. The Morgan fingerprint density at radius 2 is 2.23 bits per heavy atom. The molecule has 31 heavy (non-hydrogen) atoms. The molecule has 0 unspecified atom stereocenters. The molecule has 0 spiro atoms. The molecule has 0 saturated carbocycles. The van der Waals surface area contributed by atoms with Crippen LogP contribution in [0.15, 0.2) is 36.7 Å². The van der Waals surface area contributed by atoms with Crippen LogP contribution in [0.25, 0.3) is 11.3 Å². The average Bonchev–Trinajstić information content (AvgIpc) is 3.38. The first-order valence-electron chi connectivity index (χ1n) is 10.1. The zero-order chi connectivity index (χ0) is 21.8. The van der Waals surface area contributed by atoms with Crippen LogP contribution in [0.2, 0.25) is 0 Å². The van der Waals surface area contributed by atoms with E-state index in [0.717, 1.165) is 29.1 Å². The molecule has 9 heteroatoms. The van der Waals surface area contributed by atoms with Gasteiger partial charge in [-0.15, -0.1) is 0 Å². The van der Waals surface area contributed by atoms with Gasteiger partial charge in [0.25, 0.3) is 0 Å². The van der Waals surface area contributed by atoms with Crippen molar-refractivity contribution in [2.75, 3.05) is 37.5 Å². The lowest BCUT2D eigenvalue weighted by Gasteiger charge is -2.21. The number of aromatic nitrogens is 4. The van der Waals surface area contributed by atoms with Gasteiger partial charge in [-0.3, -0.25) is 0 Å². The minimum absolute atomic E-state index is 0.00897. The van der Waals surface area contributed by atoms with Crippen LogP contribution in [0.5, 0.6) is 0 Å². The predicted octanol–water partition coefficient (Wildman–Crippen LogP) is 2.67. The molecule has 0 radical (unpaired) electrons. The quantitative estimate of drug-likeness (QED) is 0.477. The number of benzene rings is 1. The van der Waals surface area contributed by atoms with Gasteiger partial charge in [-0.2, -0.15) is 10.4 Å². The van der Waals surface area contributed by atoms with Crippen molar-refractivity contribution in [2.24, 2.45) is 0 Å². The van der Waals surface area contributed by atoms with Crippen molar-refractivity contribution in [1.82, 2.24) is 19.7 Å². The number of nitrogens with zero attached hydrogens (tertiary/aromatic N) is 5. The minimum Gasteiger partial charge on any atom is -0.395 e. The van der Waals surface area contributed by atoms with E-state index in [1.807, 2.05) is 35.9 Å². The fourth-order valence-electron chi connectivity index (χ4n) is 3.73. The second-order valence-corrected chi connectivity index (χ2v) is 7.81. The summed E-state index contributed by atoms with van der Waals surface area (Å²) in [7, 11) is 1.68. The van der Waals surface area contributed by atoms with Crippen LogP contribution >= 0.6 is 0 Å². The smallest absolute Gasteiger partial charge is 0.228 e. The standard InChI is InChI=1S/C22H25N7O2/c1-22(14-30)13-25-20-16(12-23)10-15(11-17(20)22)18-4-6-24-21(27-18)28-19-5-7-26-29(19)8-3-9-31-2/h4-7,10-11,25,30H,3,8-9,13-14H2,1-2H3,(H,24,27,28)/t22-/m0/s1. The van der Waals surface area contributed by atoms with E-state index in [1.165, 1.54) is 0 Å². The zero-order valence-electron chi connectivity index (χ0n) is 17.6. The first-order valence-corrected chi connectivity index (χ1v) is 10.1. The fourth-order valence-corrected chi connectivity index (χ4v) is 3.73. The third-order valence-corrected chi connectivity index (χ3v) is 5.54. The number of methoxy groups -OCH3 is 1. The monoisotopic (exact) mass is 419 g/mol. The summed E-state index contributed by atoms with van der Waals surface area (Å²) in [6, 6.07) is 9.74. The van der Waals surface area contributed by atoms with Crippen LogP contribution in [-0.2, 0) is 16.7 Å². The Bertz CT molecular complexity index is 1120. The summed E-state index contributed by atoms with van der Waals surface area (Å²) in [5.41, 5.74) is 3.30. The molecule has 1 aromatic carbocycles. The van der Waals surface area contributed by atoms with Crippen molar-refractivity contribution >= 4 is 17.5 Å². The number of fused-ring (bicyclic) bond motifs is 1. The van der Waals surface area contributed by atoms with Crippen molar-refractivity contribution in [3.63, 3.8) is 0 Å². The van der Waals surface area contributed by atoms with E-state index in [-0.39, 0.29) is 6.61 Å². The molecule has 1 aliphatic heterocycles. The lowest BCUT2D eigenvalue weighted by atomic mass is 9.83. The van der Waals surface area contributed by atoms with Crippen LogP contribution in [0, 0.1) is 11.3 Å². The Morgan fingerprint density at radius 1 is 1.35 bits per heavy atom. The van der Waals surface area contributed by atoms with E-state index in [0.29, 0.717) is 36.9 Å². The first-order chi connectivity index (χ1) is 15.1. The highest BCUT2D eigenvalue weighted by Crippen LogP contribution is 2.41. The Kier molecular flexibility index (Phi) is 5.84. The lowest BCUT2D eigenvalue weighted by Crippen LogP contribution is -2.28. The highest BCUT2D eigenvalue weighted by molar-refractivity contribution is 5.76. The Morgan fingerprint density at radius 3 is 3.00 bits per heavy atom. The van der Waals surface area contributed by atoms with Gasteiger partial charge < -0.3 is 20.5 Å². The number of aliphatic hydroxyl groups excluding tert-OH is 1. The summed E-state index contributed by atoms with van der Waals surface area (Å²) >= 11 is 0. The van der Waals surface area contributed by atoms with E-state index in [9.17, 15) is 10.4 Å². The zero-order valence-corrected chi connectivity index (χ0v) is 17.6. The largest absolute Gasteiger partial charge is 0.395 e. The molecule has 0 fully saturated rings. The molecule has 3 N–H and O–H groups in total. The van der Waals surface area contributed by atoms with Gasteiger partial charge in [-0.05, 0) is 30.2 Å². The molecule has 9 nitrogen and oxygen atoms in total. The maximum Gasteiger partial charge on any atom is 0.228 e. The number of anilines is 3. The molecule has 1 aliphatic rings. The van der Waals surface area contributed by atoms with Crippen molar-refractivity contribution in [2.45, 2.75) is 25.3 Å². The summed E-state index contributed by atoms with van der Waals surface area (Å²) < 4.78 is 6.95. The highest BCUT2D eigenvalue weighted by Gasteiger charge is 2.35. The number of ether oxygens (including phenoxy) is 1.